The van der Waals surface area contributed by atoms with Crippen molar-refractivity contribution in [2.75, 3.05) is 58.5 Å². The van der Waals surface area contributed by atoms with Crippen LogP contribution in [0.5, 0.6) is 23.0 Å². The molecule has 3 aromatic carbocycles. The van der Waals surface area contributed by atoms with E-state index in [1.165, 1.54) is 16.8 Å². The summed E-state index contributed by atoms with van der Waals surface area (Å²) in [6.45, 7) is 7.93. The van der Waals surface area contributed by atoms with Crippen molar-refractivity contribution in [2.24, 2.45) is 0 Å². The van der Waals surface area contributed by atoms with E-state index in [-0.39, 0.29) is 5.91 Å². The van der Waals surface area contributed by atoms with Crippen LogP contribution in [0.3, 0.4) is 0 Å². The summed E-state index contributed by atoms with van der Waals surface area (Å²) >= 11 is 0. The van der Waals surface area contributed by atoms with Gasteiger partial charge in [-0.25, -0.2) is 0 Å². The fourth-order valence-electron chi connectivity index (χ4n) is 4.56. The van der Waals surface area contributed by atoms with Gasteiger partial charge in [-0.1, -0.05) is 35.9 Å². The van der Waals surface area contributed by atoms with E-state index in [1.807, 2.05) is 47.4 Å². The van der Waals surface area contributed by atoms with E-state index in [0.717, 1.165) is 24.4 Å². The number of nitrogens with zero attached hydrogens (tertiary/aromatic N) is 2. The van der Waals surface area contributed by atoms with E-state index < -0.39 is 0 Å². The molecular formula is C31H36N2O5. The predicted octanol–water partition coefficient (Wildman–Crippen LogP) is 5.14. The Morgan fingerprint density at radius 3 is 2.13 bits per heavy atom. The van der Waals surface area contributed by atoms with Crippen LogP contribution in [-0.2, 0) is 4.79 Å². The number of amides is 1. The Morgan fingerprint density at radius 2 is 1.50 bits per heavy atom. The number of para-hydroxylation sites is 1. The van der Waals surface area contributed by atoms with Crippen molar-refractivity contribution in [1.82, 2.24) is 4.90 Å². The number of carbonyl (C=O) groups is 1. The second-order valence-electron chi connectivity index (χ2n) is 9.20. The maximum atomic E-state index is 12.9. The zero-order valence-electron chi connectivity index (χ0n) is 22.6. The van der Waals surface area contributed by atoms with E-state index in [4.69, 9.17) is 18.9 Å². The van der Waals surface area contributed by atoms with Gasteiger partial charge in [-0.2, -0.15) is 0 Å². The van der Waals surface area contributed by atoms with Gasteiger partial charge >= 0.3 is 0 Å². The second-order valence-corrected chi connectivity index (χ2v) is 9.20. The number of hydrogen-bond donors (Lipinski definition) is 0. The highest BCUT2D eigenvalue weighted by Crippen LogP contribution is 2.39. The van der Waals surface area contributed by atoms with Crippen molar-refractivity contribution in [2.45, 2.75) is 13.8 Å². The number of ether oxygens (including phenoxy) is 4. The van der Waals surface area contributed by atoms with Crippen LogP contribution in [0.1, 0.15) is 16.7 Å². The number of benzene rings is 3. The van der Waals surface area contributed by atoms with Gasteiger partial charge < -0.3 is 28.7 Å². The highest BCUT2D eigenvalue weighted by molar-refractivity contribution is 5.92. The summed E-state index contributed by atoms with van der Waals surface area (Å²) in [7, 11) is 3.16. The topological polar surface area (TPSA) is 60.5 Å². The lowest BCUT2D eigenvalue weighted by molar-refractivity contribution is -0.126. The fourth-order valence-corrected chi connectivity index (χ4v) is 4.56. The average Bonchev–Trinajstić information content (AvgIpc) is 2.94. The summed E-state index contributed by atoms with van der Waals surface area (Å²) in [6, 6.07) is 19.8. The van der Waals surface area contributed by atoms with Gasteiger partial charge in [0.1, 0.15) is 19.0 Å². The van der Waals surface area contributed by atoms with Crippen molar-refractivity contribution in [3.63, 3.8) is 0 Å². The quantitative estimate of drug-likeness (QED) is 0.275. The van der Waals surface area contributed by atoms with Crippen LogP contribution in [0.15, 0.2) is 66.7 Å². The molecule has 7 nitrogen and oxygen atoms in total. The lowest BCUT2D eigenvalue weighted by atomic mass is 10.1. The van der Waals surface area contributed by atoms with Crippen molar-refractivity contribution in [1.29, 1.82) is 0 Å². The second kappa shape index (κ2) is 12.9. The SMILES string of the molecule is COc1cc(/C=C/C(=O)N2CCN(c3ccc(C)cc3C)CC2)cc(OC)c1OCCOc1ccccc1. The van der Waals surface area contributed by atoms with Crippen LogP contribution < -0.4 is 23.8 Å². The molecule has 0 atom stereocenters. The lowest BCUT2D eigenvalue weighted by Gasteiger charge is -2.36. The molecule has 3 aromatic rings. The number of anilines is 1. The Labute approximate surface area is 225 Å². The van der Waals surface area contributed by atoms with Gasteiger partial charge in [-0.3, -0.25) is 4.79 Å². The molecule has 0 aromatic heterocycles. The summed E-state index contributed by atoms with van der Waals surface area (Å²) < 4.78 is 22.7. The molecule has 1 aliphatic rings. The minimum Gasteiger partial charge on any atom is -0.493 e. The molecule has 0 radical (unpaired) electrons. The van der Waals surface area contributed by atoms with Crippen LogP contribution in [0.25, 0.3) is 6.08 Å². The molecule has 1 saturated heterocycles. The molecule has 0 unspecified atom stereocenters. The molecule has 0 saturated carbocycles. The lowest BCUT2D eigenvalue weighted by Crippen LogP contribution is -2.48. The molecule has 38 heavy (non-hydrogen) atoms. The molecule has 0 spiro atoms. The Kier molecular flexibility index (Phi) is 9.14. The van der Waals surface area contributed by atoms with Gasteiger partial charge in [-0.15, -0.1) is 0 Å². The summed E-state index contributed by atoms with van der Waals surface area (Å²) in [5.74, 6) is 2.32. The van der Waals surface area contributed by atoms with Crippen molar-refractivity contribution in [3.05, 3.63) is 83.4 Å². The number of piperazine rings is 1. The number of hydrogen-bond acceptors (Lipinski definition) is 6. The first-order valence-electron chi connectivity index (χ1n) is 12.8. The van der Waals surface area contributed by atoms with Gasteiger partial charge in [0.2, 0.25) is 11.7 Å². The fraction of sp³-hybridized carbons (Fsp3) is 0.323. The van der Waals surface area contributed by atoms with E-state index in [1.54, 1.807) is 26.4 Å². The molecule has 1 fully saturated rings. The van der Waals surface area contributed by atoms with Crippen molar-refractivity contribution in [3.8, 4) is 23.0 Å². The van der Waals surface area contributed by atoms with Gasteiger partial charge in [0.05, 0.1) is 14.2 Å². The first-order chi connectivity index (χ1) is 18.5. The highest BCUT2D eigenvalue weighted by atomic mass is 16.6. The van der Waals surface area contributed by atoms with Crippen LogP contribution >= 0.6 is 0 Å². The molecule has 0 bridgehead atoms. The van der Waals surface area contributed by atoms with E-state index in [2.05, 4.69) is 36.9 Å². The summed E-state index contributed by atoms with van der Waals surface area (Å²) in [5.41, 5.74) is 4.55. The zero-order chi connectivity index (χ0) is 26.9. The Balaban J connectivity index is 1.34. The summed E-state index contributed by atoms with van der Waals surface area (Å²) in [6.07, 6.45) is 3.39. The van der Waals surface area contributed by atoms with E-state index in [9.17, 15) is 4.79 Å². The largest absolute Gasteiger partial charge is 0.493 e. The normalized spacial score (nSPS) is 13.5. The third-order valence-corrected chi connectivity index (χ3v) is 6.53. The smallest absolute Gasteiger partial charge is 0.246 e. The highest BCUT2D eigenvalue weighted by Gasteiger charge is 2.21. The van der Waals surface area contributed by atoms with Gasteiger partial charge in [0, 0.05) is 37.9 Å². The van der Waals surface area contributed by atoms with Gasteiger partial charge in [0.25, 0.3) is 0 Å². The molecule has 0 N–H and O–H groups in total. The zero-order valence-corrected chi connectivity index (χ0v) is 22.6. The molecule has 1 aliphatic heterocycles. The third kappa shape index (κ3) is 6.79. The molecule has 4 rings (SSSR count). The number of methoxy groups -OCH3 is 2. The maximum absolute atomic E-state index is 12.9. The minimum atomic E-state index is -0.0124. The summed E-state index contributed by atoms with van der Waals surface area (Å²) in [5, 5.41) is 0. The van der Waals surface area contributed by atoms with Gasteiger partial charge in [0.15, 0.2) is 11.5 Å². The van der Waals surface area contributed by atoms with Crippen LogP contribution in [0.2, 0.25) is 0 Å². The standard InChI is InChI=1S/C31H36N2O5/c1-23-10-12-27(24(2)20-23)32-14-16-33(17-15-32)30(34)13-11-25-21-28(35-3)31(29(22-25)36-4)38-19-18-37-26-8-6-5-7-9-26/h5-13,20-22H,14-19H2,1-4H3/b13-11+. The van der Waals surface area contributed by atoms with Crippen LogP contribution in [0, 0.1) is 13.8 Å². The Morgan fingerprint density at radius 1 is 0.842 bits per heavy atom. The van der Waals surface area contributed by atoms with E-state index >= 15 is 0 Å². The number of rotatable bonds is 10. The number of aryl methyl sites for hydroxylation is 2. The van der Waals surface area contributed by atoms with Crippen LogP contribution in [0.4, 0.5) is 5.69 Å². The van der Waals surface area contributed by atoms with Crippen molar-refractivity contribution < 1.29 is 23.7 Å². The predicted molar refractivity (Wildman–Crippen MR) is 151 cm³/mol. The molecule has 7 heteroatoms. The average molecular weight is 517 g/mol. The van der Waals surface area contributed by atoms with Crippen LogP contribution in [-0.4, -0.2) is 64.4 Å². The molecule has 1 amide bonds. The molecule has 1 heterocycles. The first-order valence-corrected chi connectivity index (χ1v) is 12.8. The van der Waals surface area contributed by atoms with E-state index in [0.29, 0.717) is 43.6 Å². The third-order valence-electron chi connectivity index (χ3n) is 6.53. The monoisotopic (exact) mass is 516 g/mol. The molecule has 0 aliphatic carbocycles. The first kappa shape index (κ1) is 26.9. The Bertz CT molecular complexity index is 1230. The Hall–Kier alpha value is -4.13. The molecule has 200 valence electrons. The van der Waals surface area contributed by atoms with Gasteiger partial charge in [-0.05, 0) is 61.4 Å². The number of carbonyl (C=O) groups excluding carboxylic acids is 1. The van der Waals surface area contributed by atoms with Crippen molar-refractivity contribution >= 4 is 17.7 Å². The summed E-state index contributed by atoms with van der Waals surface area (Å²) in [4.78, 5) is 17.1. The maximum Gasteiger partial charge on any atom is 0.246 e. The minimum absolute atomic E-state index is 0.0124. The molecular weight excluding hydrogens is 480 g/mol.